The summed E-state index contributed by atoms with van der Waals surface area (Å²) >= 11 is 0. The quantitative estimate of drug-likeness (QED) is 0.756. The lowest BCUT2D eigenvalue weighted by molar-refractivity contribution is -0.140. The SMILES string of the molecule is Cc1cc(CNC(C(=O)O)C2CC2)no1. The molecule has 1 aromatic rings. The summed E-state index contributed by atoms with van der Waals surface area (Å²) in [5, 5.41) is 15.7. The van der Waals surface area contributed by atoms with Crippen LogP contribution >= 0.6 is 0 Å². The lowest BCUT2D eigenvalue weighted by Gasteiger charge is -2.11. The van der Waals surface area contributed by atoms with Gasteiger partial charge in [-0.05, 0) is 25.7 Å². The van der Waals surface area contributed by atoms with E-state index in [-0.39, 0.29) is 5.92 Å². The van der Waals surface area contributed by atoms with Crippen LogP contribution in [0.3, 0.4) is 0 Å². The van der Waals surface area contributed by atoms with E-state index in [0.717, 1.165) is 24.3 Å². The van der Waals surface area contributed by atoms with Gasteiger partial charge in [-0.3, -0.25) is 10.1 Å². The molecule has 1 aliphatic rings. The van der Waals surface area contributed by atoms with Gasteiger partial charge in [-0.25, -0.2) is 0 Å². The fourth-order valence-electron chi connectivity index (χ4n) is 1.60. The van der Waals surface area contributed by atoms with Crippen molar-refractivity contribution in [3.8, 4) is 0 Å². The van der Waals surface area contributed by atoms with Gasteiger partial charge in [-0.2, -0.15) is 0 Å². The van der Waals surface area contributed by atoms with Gasteiger partial charge in [0.1, 0.15) is 11.8 Å². The normalized spacial score (nSPS) is 17.7. The van der Waals surface area contributed by atoms with E-state index in [1.807, 2.05) is 6.92 Å². The predicted octanol–water partition coefficient (Wildman–Crippen LogP) is 0.936. The summed E-state index contributed by atoms with van der Waals surface area (Å²) in [6.45, 7) is 2.26. The number of nitrogens with zero attached hydrogens (tertiary/aromatic N) is 1. The molecule has 5 heteroatoms. The Bertz CT molecular complexity index is 357. The molecule has 0 aliphatic heterocycles. The number of nitrogens with one attached hydrogen (secondary N) is 1. The van der Waals surface area contributed by atoms with Crippen molar-refractivity contribution in [2.24, 2.45) is 5.92 Å². The zero-order chi connectivity index (χ0) is 10.8. The molecule has 1 atom stereocenters. The van der Waals surface area contributed by atoms with Crippen molar-refractivity contribution < 1.29 is 14.4 Å². The number of hydrogen-bond donors (Lipinski definition) is 2. The van der Waals surface area contributed by atoms with Gasteiger partial charge in [0.15, 0.2) is 0 Å². The molecular formula is C10H14N2O3. The number of carboxylic acid groups (broad SMARTS) is 1. The Balaban J connectivity index is 1.87. The van der Waals surface area contributed by atoms with Gasteiger partial charge in [-0.1, -0.05) is 5.16 Å². The molecule has 5 nitrogen and oxygen atoms in total. The molecule has 0 radical (unpaired) electrons. The van der Waals surface area contributed by atoms with Crippen molar-refractivity contribution >= 4 is 5.97 Å². The summed E-state index contributed by atoms with van der Waals surface area (Å²) in [5.41, 5.74) is 0.749. The van der Waals surface area contributed by atoms with E-state index in [1.54, 1.807) is 6.07 Å². The molecule has 0 saturated heterocycles. The molecule has 0 amide bonds. The number of aliphatic carboxylic acids is 1. The highest BCUT2D eigenvalue weighted by Gasteiger charge is 2.35. The van der Waals surface area contributed by atoms with E-state index in [2.05, 4.69) is 10.5 Å². The highest BCUT2D eigenvalue weighted by molar-refractivity contribution is 5.74. The second-order valence-corrected chi connectivity index (χ2v) is 3.96. The molecular weight excluding hydrogens is 196 g/mol. The van der Waals surface area contributed by atoms with Crippen LogP contribution in [0.4, 0.5) is 0 Å². The molecule has 1 aromatic heterocycles. The highest BCUT2D eigenvalue weighted by Crippen LogP contribution is 2.32. The fraction of sp³-hybridized carbons (Fsp3) is 0.600. The van der Waals surface area contributed by atoms with Crippen LogP contribution in [0.15, 0.2) is 10.6 Å². The second kappa shape index (κ2) is 4.02. The molecule has 0 aromatic carbocycles. The first-order chi connectivity index (χ1) is 7.16. The topological polar surface area (TPSA) is 75.4 Å². The molecule has 1 saturated carbocycles. The number of hydrogen-bond acceptors (Lipinski definition) is 4. The summed E-state index contributed by atoms with van der Waals surface area (Å²) in [6.07, 6.45) is 2.00. The number of aryl methyl sites for hydroxylation is 1. The van der Waals surface area contributed by atoms with Crippen LogP contribution in [0.2, 0.25) is 0 Å². The monoisotopic (exact) mass is 210 g/mol. The number of carboxylic acids is 1. The average Bonchev–Trinajstić information content (AvgIpc) is 2.90. The van der Waals surface area contributed by atoms with E-state index < -0.39 is 12.0 Å². The Labute approximate surface area is 87.5 Å². The Morgan fingerprint density at radius 2 is 2.53 bits per heavy atom. The van der Waals surface area contributed by atoms with Crippen LogP contribution in [0, 0.1) is 12.8 Å². The maximum atomic E-state index is 10.9. The van der Waals surface area contributed by atoms with Gasteiger partial charge in [0.2, 0.25) is 0 Å². The van der Waals surface area contributed by atoms with E-state index in [1.165, 1.54) is 0 Å². The zero-order valence-electron chi connectivity index (χ0n) is 8.56. The first-order valence-corrected chi connectivity index (χ1v) is 5.05. The fourth-order valence-corrected chi connectivity index (χ4v) is 1.60. The number of aromatic nitrogens is 1. The molecule has 1 heterocycles. The predicted molar refractivity (Wildman–Crippen MR) is 52.2 cm³/mol. The Kier molecular flexibility index (Phi) is 2.73. The number of carbonyl (C=O) groups is 1. The van der Waals surface area contributed by atoms with Crippen molar-refractivity contribution in [2.75, 3.05) is 0 Å². The standard InChI is InChI=1S/C10H14N2O3/c1-6-4-8(12-15-6)5-11-9(10(13)14)7-2-3-7/h4,7,9,11H,2-3,5H2,1H3,(H,13,14). The van der Waals surface area contributed by atoms with E-state index in [9.17, 15) is 4.79 Å². The zero-order valence-corrected chi connectivity index (χ0v) is 8.56. The number of rotatable bonds is 5. The minimum absolute atomic E-state index is 0.287. The summed E-state index contributed by atoms with van der Waals surface area (Å²) in [5.74, 6) is 0.248. The van der Waals surface area contributed by atoms with Gasteiger partial charge in [0, 0.05) is 12.6 Å². The largest absolute Gasteiger partial charge is 0.480 e. The molecule has 1 fully saturated rings. The third-order valence-electron chi connectivity index (χ3n) is 2.54. The smallest absolute Gasteiger partial charge is 0.320 e. The molecule has 0 spiro atoms. The van der Waals surface area contributed by atoms with Gasteiger partial charge in [-0.15, -0.1) is 0 Å². The molecule has 1 aliphatic carbocycles. The maximum Gasteiger partial charge on any atom is 0.320 e. The summed E-state index contributed by atoms with van der Waals surface area (Å²) < 4.78 is 4.90. The maximum absolute atomic E-state index is 10.9. The van der Waals surface area contributed by atoms with Crippen molar-refractivity contribution in [1.82, 2.24) is 10.5 Å². The minimum atomic E-state index is -0.780. The molecule has 2 N–H and O–H groups in total. The summed E-state index contributed by atoms with van der Waals surface area (Å²) in [7, 11) is 0. The van der Waals surface area contributed by atoms with Crippen molar-refractivity contribution in [3.05, 3.63) is 17.5 Å². The molecule has 15 heavy (non-hydrogen) atoms. The molecule has 2 rings (SSSR count). The van der Waals surface area contributed by atoms with Crippen molar-refractivity contribution in [1.29, 1.82) is 0 Å². The first-order valence-electron chi connectivity index (χ1n) is 5.05. The van der Waals surface area contributed by atoms with Gasteiger partial charge >= 0.3 is 5.97 Å². The Morgan fingerprint density at radius 1 is 1.80 bits per heavy atom. The van der Waals surface area contributed by atoms with Crippen molar-refractivity contribution in [3.63, 3.8) is 0 Å². The second-order valence-electron chi connectivity index (χ2n) is 3.96. The van der Waals surface area contributed by atoms with Crippen LogP contribution < -0.4 is 5.32 Å². The van der Waals surface area contributed by atoms with Crippen LogP contribution in [0.1, 0.15) is 24.3 Å². The van der Waals surface area contributed by atoms with Gasteiger partial charge in [0.25, 0.3) is 0 Å². The average molecular weight is 210 g/mol. The third-order valence-corrected chi connectivity index (χ3v) is 2.54. The van der Waals surface area contributed by atoms with Crippen molar-refractivity contribution in [2.45, 2.75) is 32.4 Å². The van der Waals surface area contributed by atoms with E-state index >= 15 is 0 Å². The minimum Gasteiger partial charge on any atom is -0.480 e. The third kappa shape index (κ3) is 2.56. The highest BCUT2D eigenvalue weighted by atomic mass is 16.5. The molecule has 82 valence electrons. The first kappa shape index (κ1) is 10.2. The molecule has 0 bridgehead atoms. The van der Waals surface area contributed by atoms with E-state index in [0.29, 0.717) is 6.54 Å². The lowest BCUT2D eigenvalue weighted by atomic mass is 10.2. The van der Waals surface area contributed by atoms with E-state index in [4.69, 9.17) is 9.63 Å². The van der Waals surface area contributed by atoms with Crippen LogP contribution in [-0.4, -0.2) is 22.3 Å². The lowest BCUT2D eigenvalue weighted by Crippen LogP contribution is -2.38. The summed E-state index contributed by atoms with van der Waals surface area (Å²) in [6, 6.07) is 1.36. The Hall–Kier alpha value is -1.36. The van der Waals surface area contributed by atoms with Crippen LogP contribution in [-0.2, 0) is 11.3 Å². The van der Waals surface area contributed by atoms with Crippen LogP contribution in [0.5, 0.6) is 0 Å². The van der Waals surface area contributed by atoms with Gasteiger partial charge < -0.3 is 9.63 Å². The van der Waals surface area contributed by atoms with Gasteiger partial charge in [0.05, 0.1) is 5.69 Å². The molecule has 1 unspecified atom stereocenters. The van der Waals surface area contributed by atoms with Crippen LogP contribution in [0.25, 0.3) is 0 Å². The Morgan fingerprint density at radius 3 is 3.00 bits per heavy atom. The summed E-state index contributed by atoms with van der Waals surface area (Å²) in [4.78, 5) is 10.9.